The highest BCUT2D eigenvalue weighted by atomic mass is 35.5. The Labute approximate surface area is 206 Å². The number of nitrogens with zero attached hydrogens (tertiary/aromatic N) is 2. The van der Waals surface area contributed by atoms with Gasteiger partial charge < -0.3 is 14.8 Å². The van der Waals surface area contributed by atoms with Crippen molar-refractivity contribution >= 4 is 46.0 Å². The fraction of sp³-hybridized carbons (Fsp3) is 0.148. The lowest BCUT2D eigenvalue weighted by molar-refractivity contribution is -0.132. The number of carbonyl (C=O) groups excluding carboxylic acids is 2. The molecule has 1 atom stereocenters. The van der Waals surface area contributed by atoms with E-state index in [1.54, 1.807) is 30.3 Å². The molecule has 176 valence electrons. The van der Waals surface area contributed by atoms with Gasteiger partial charge in [-0.3, -0.25) is 14.5 Å². The molecule has 1 saturated heterocycles. The summed E-state index contributed by atoms with van der Waals surface area (Å²) in [6.45, 7) is 4.15. The van der Waals surface area contributed by atoms with Crippen LogP contribution < -0.4 is 9.64 Å². The average Bonchev–Trinajstić information content (AvgIpc) is 3.38. The van der Waals surface area contributed by atoms with Crippen LogP contribution in [0.25, 0.3) is 16.8 Å². The van der Waals surface area contributed by atoms with Crippen molar-refractivity contribution in [2.24, 2.45) is 0 Å². The standard InChI is InChI=1S/C27H22ClN3O4/c1-3-35-21-14-17(10-11-18(21)28)24(32)22-23(16-7-5-4-6-8-16)31(26(34)25(22)33)27-29-19-12-9-15(2)13-20(19)30-27/h4-14,23,32H,3H2,1-2H3,(H,29,30)/b24-22+. The lowest BCUT2D eigenvalue weighted by Gasteiger charge is -2.23. The summed E-state index contributed by atoms with van der Waals surface area (Å²) in [5.41, 5.74) is 3.37. The number of aryl methyl sites for hydroxylation is 1. The summed E-state index contributed by atoms with van der Waals surface area (Å²) < 4.78 is 5.54. The zero-order valence-corrected chi connectivity index (χ0v) is 19.8. The molecule has 2 heterocycles. The van der Waals surface area contributed by atoms with Crippen LogP contribution in [0.3, 0.4) is 0 Å². The molecule has 5 rings (SSSR count). The number of hydrogen-bond acceptors (Lipinski definition) is 5. The van der Waals surface area contributed by atoms with Crippen LogP contribution in [-0.2, 0) is 9.59 Å². The fourth-order valence-corrected chi connectivity index (χ4v) is 4.47. The van der Waals surface area contributed by atoms with Crippen LogP contribution in [-0.4, -0.2) is 33.4 Å². The Morgan fingerprint density at radius 3 is 2.63 bits per heavy atom. The van der Waals surface area contributed by atoms with Gasteiger partial charge in [0.25, 0.3) is 5.78 Å². The number of imidazole rings is 1. The summed E-state index contributed by atoms with van der Waals surface area (Å²) in [5, 5.41) is 11.7. The topological polar surface area (TPSA) is 95.5 Å². The Morgan fingerprint density at radius 1 is 1.11 bits per heavy atom. The van der Waals surface area contributed by atoms with Crippen molar-refractivity contribution in [3.8, 4) is 5.75 Å². The number of amides is 1. The summed E-state index contributed by atoms with van der Waals surface area (Å²) in [6, 6.07) is 18.6. The SMILES string of the molecule is CCOc1cc(/C(O)=C2\C(=O)C(=O)N(c3nc4ccc(C)cc4[nH]3)C2c2ccccc2)ccc1Cl. The quantitative estimate of drug-likeness (QED) is 0.218. The largest absolute Gasteiger partial charge is 0.507 e. The highest BCUT2D eigenvalue weighted by Gasteiger charge is 2.48. The first kappa shape index (κ1) is 22.7. The maximum atomic E-state index is 13.3. The molecule has 3 aromatic carbocycles. The molecule has 1 unspecified atom stereocenters. The third kappa shape index (κ3) is 3.94. The van der Waals surface area contributed by atoms with Crippen LogP contribution in [0.4, 0.5) is 5.95 Å². The van der Waals surface area contributed by atoms with Crippen LogP contribution in [0.5, 0.6) is 5.75 Å². The van der Waals surface area contributed by atoms with Crippen molar-refractivity contribution in [2.75, 3.05) is 11.5 Å². The molecule has 0 saturated carbocycles. The number of nitrogens with one attached hydrogen (secondary N) is 1. The van der Waals surface area contributed by atoms with Gasteiger partial charge in [0, 0.05) is 5.56 Å². The summed E-state index contributed by atoms with van der Waals surface area (Å²) >= 11 is 6.20. The van der Waals surface area contributed by atoms with E-state index in [2.05, 4.69) is 9.97 Å². The highest BCUT2D eigenvalue weighted by Crippen LogP contribution is 2.42. The number of hydrogen-bond donors (Lipinski definition) is 2. The number of aromatic nitrogens is 2. The van der Waals surface area contributed by atoms with Gasteiger partial charge in [0.2, 0.25) is 5.95 Å². The van der Waals surface area contributed by atoms with Crippen molar-refractivity contribution in [3.05, 3.63) is 94.0 Å². The number of fused-ring (bicyclic) bond motifs is 1. The van der Waals surface area contributed by atoms with E-state index >= 15 is 0 Å². The van der Waals surface area contributed by atoms with Gasteiger partial charge in [-0.2, -0.15) is 0 Å². The van der Waals surface area contributed by atoms with Crippen LogP contribution >= 0.6 is 11.6 Å². The number of anilines is 1. The van der Waals surface area contributed by atoms with E-state index in [0.29, 0.717) is 34.0 Å². The Hall–Kier alpha value is -4.10. The van der Waals surface area contributed by atoms with Gasteiger partial charge >= 0.3 is 5.91 Å². The average molecular weight is 488 g/mol. The monoisotopic (exact) mass is 487 g/mol. The third-order valence-electron chi connectivity index (χ3n) is 5.92. The number of ketones is 1. The third-order valence-corrected chi connectivity index (χ3v) is 6.23. The molecular formula is C27H22ClN3O4. The molecule has 4 aromatic rings. The van der Waals surface area contributed by atoms with E-state index < -0.39 is 17.7 Å². The van der Waals surface area contributed by atoms with Gasteiger partial charge in [-0.25, -0.2) is 4.98 Å². The minimum atomic E-state index is -0.885. The van der Waals surface area contributed by atoms with E-state index in [9.17, 15) is 14.7 Å². The zero-order chi connectivity index (χ0) is 24.7. The number of aliphatic hydroxyl groups is 1. The van der Waals surface area contributed by atoms with Crippen molar-refractivity contribution in [2.45, 2.75) is 19.9 Å². The fourth-order valence-electron chi connectivity index (χ4n) is 4.30. The summed E-state index contributed by atoms with van der Waals surface area (Å²) in [4.78, 5) is 35.7. The molecule has 8 heteroatoms. The van der Waals surface area contributed by atoms with Crippen molar-refractivity contribution in [3.63, 3.8) is 0 Å². The van der Waals surface area contributed by atoms with E-state index in [1.807, 2.05) is 50.2 Å². The maximum absolute atomic E-state index is 13.3. The first-order valence-corrected chi connectivity index (χ1v) is 11.5. The number of aromatic amines is 1. The second-order valence-corrected chi connectivity index (χ2v) is 8.65. The first-order valence-electron chi connectivity index (χ1n) is 11.1. The van der Waals surface area contributed by atoms with E-state index in [-0.39, 0.29) is 17.3 Å². The summed E-state index contributed by atoms with van der Waals surface area (Å²) in [5.74, 6) is -1.30. The van der Waals surface area contributed by atoms with Crippen LogP contribution in [0, 0.1) is 6.92 Å². The smallest absolute Gasteiger partial charge is 0.302 e. The van der Waals surface area contributed by atoms with Crippen LogP contribution in [0.15, 0.2) is 72.3 Å². The lowest BCUT2D eigenvalue weighted by Crippen LogP contribution is -2.30. The van der Waals surface area contributed by atoms with Crippen molar-refractivity contribution in [1.29, 1.82) is 0 Å². The van der Waals surface area contributed by atoms with Gasteiger partial charge in [-0.15, -0.1) is 0 Å². The predicted octanol–water partition coefficient (Wildman–Crippen LogP) is 5.55. The van der Waals surface area contributed by atoms with Gasteiger partial charge in [-0.05, 0) is 55.3 Å². The maximum Gasteiger partial charge on any atom is 0.302 e. The van der Waals surface area contributed by atoms with E-state index in [1.165, 1.54) is 4.90 Å². The Bertz CT molecular complexity index is 1490. The molecule has 0 radical (unpaired) electrons. The summed E-state index contributed by atoms with van der Waals surface area (Å²) in [6.07, 6.45) is 0. The van der Waals surface area contributed by atoms with Crippen LogP contribution in [0.1, 0.15) is 29.7 Å². The number of ether oxygens (including phenoxy) is 1. The first-order chi connectivity index (χ1) is 16.9. The molecule has 1 aromatic heterocycles. The normalized spacial score (nSPS) is 17.3. The summed E-state index contributed by atoms with van der Waals surface area (Å²) in [7, 11) is 0. The molecule has 35 heavy (non-hydrogen) atoms. The number of H-pyrrole nitrogens is 1. The Balaban J connectivity index is 1.70. The minimum Gasteiger partial charge on any atom is -0.507 e. The van der Waals surface area contributed by atoms with E-state index in [4.69, 9.17) is 16.3 Å². The molecule has 2 N–H and O–H groups in total. The van der Waals surface area contributed by atoms with Gasteiger partial charge in [0.05, 0.1) is 34.3 Å². The van der Waals surface area contributed by atoms with Crippen molar-refractivity contribution in [1.82, 2.24) is 9.97 Å². The molecule has 1 aliphatic rings. The molecule has 1 aliphatic heterocycles. The second kappa shape index (κ2) is 8.92. The lowest BCUT2D eigenvalue weighted by atomic mass is 9.95. The minimum absolute atomic E-state index is 0.0393. The zero-order valence-electron chi connectivity index (χ0n) is 19.1. The number of rotatable bonds is 5. The number of halogens is 1. The van der Waals surface area contributed by atoms with Gasteiger partial charge in [-0.1, -0.05) is 48.0 Å². The Morgan fingerprint density at radius 2 is 1.89 bits per heavy atom. The number of aliphatic hydroxyl groups excluding tert-OH is 1. The molecule has 1 fully saturated rings. The van der Waals surface area contributed by atoms with Crippen LogP contribution in [0.2, 0.25) is 5.02 Å². The molecular weight excluding hydrogens is 466 g/mol. The van der Waals surface area contributed by atoms with E-state index in [0.717, 1.165) is 11.1 Å². The van der Waals surface area contributed by atoms with Crippen molar-refractivity contribution < 1.29 is 19.4 Å². The molecule has 1 amide bonds. The predicted molar refractivity (Wildman–Crippen MR) is 135 cm³/mol. The highest BCUT2D eigenvalue weighted by molar-refractivity contribution is 6.51. The molecule has 7 nitrogen and oxygen atoms in total. The number of Topliss-reactive ketones (excluding diaryl/α,β-unsaturated/α-hetero) is 1. The number of benzene rings is 3. The molecule has 0 spiro atoms. The van der Waals surface area contributed by atoms with Gasteiger partial charge in [0.1, 0.15) is 11.5 Å². The molecule has 0 aliphatic carbocycles. The molecule has 0 bridgehead atoms. The second-order valence-electron chi connectivity index (χ2n) is 8.24. The Kier molecular flexibility index (Phi) is 5.78. The van der Waals surface area contributed by atoms with Gasteiger partial charge in [0.15, 0.2) is 0 Å². The number of carbonyl (C=O) groups is 2.